The highest BCUT2D eigenvalue weighted by molar-refractivity contribution is 8.01. The minimum Gasteiger partial charge on any atom is -0.330 e. The van der Waals surface area contributed by atoms with Crippen molar-refractivity contribution in [3.8, 4) is 0 Å². The molecule has 0 fully saturated rings. The van der Waals surface area contributed by atoms with Gasteiger partial charge in [0.1, 0.15) is 0 Å². The number of anilines is 3. The third-order valence-corrected chi connectivity index (χ3v) is 6.20. The van der Waals surface area contributed by atoms with Gasteiger partial charge in [0.2, 0.25) is 11.0 Å². The summed E-state index contributed by atoms with van der Waals surface area (Å²) in [5.41, 5.74) is 4.35. The van der Waals surface area contributed by atoms with Gasteiger partial charge in [-0.25, -0.2) is 4.98 Å². The monoisotopic (exact) mass is 391 g/mol. The van der Waals surface area contributed by atoms with Gasteiger partial charge in [-0.15, -0.1) is 21.5 Å². The van der Waals surface area contributed by atoms with Gasteiger partial charge in [-0.3, -0.25) is 4.79 Å². The Morgan fingerprint density at radius 1 is 1.16 bits per heavy atom. The van der Waals surface area contributed by atoms with Gasteiger partial charge in [-0.2, -0.15) is 0 Å². The van der Waals surface area contributed by atoms with Crippen LogP contribution in [-0.2, 0) is 4.79 Å². The van der Waals surface area contributed by atoms with Crippen LogP contribution in [0.5, 0.6) is 0 Å². The molecule has 2 N–H and O–H groups in total. The number of carbonyl (C=O) groups excluding carboxylic acids is 1. The van der Waals surface area contributed by atoms with E-state index >= 15 is 0 Å². The van der Waals surface area contributed by atoms with Crippen LogP contribution in [0.25, 0.3) is 0 Å². The largest absolute Gasteiger partial charge is 0.330 e. The van der Waals surface area contributed by atoms with E-state index in [2.05, 4.69) is 51.8 Å². The molecule has 0 atom stereocenters. The predicted octanol–water partition coefficient (Wildman–Crippen LogP) is 4.39. The van der Waals surface area contributed by atoms with E-state index in [0.717, 1.165) is 15.7 Å². The van der Waals surface area contributed by atoms with Crippen LogP contribution in [0.15, 0.2) is 27.9 Å². The molecule has 0 saturated heterocycles. The zero-order valence-corrected chi connectivity index (χ0v) is 16.4. The van der Waals surface area contributed by atoms with Crippen molar-refractivity contribution in [2.24, 2.45) is 0 Å². The summed E-state index contributed by atoms with van der Waals surface area (Å²) >= 11 is 4.21. The summed E-state index contributed by atoms with van der Waals surface area (Å²) in [5, 5.41) is 17.5. The van der Waals surface area contributed by atoms with Crippen molar-refractivity contribution in [2.45, 2.75) is 25.1 Å². The average molecular weight is 392 g/mol. The molecule has 130 valence electrons. The number of benzene rings is 1. The second kappa shape index (κ2) is 7.94. The molecule has 3 rings (SSSR count). The van der Waals surface area contributed by atoms with E-state index in [0.29, 0.717) is 10.3 Å². The number of nitrogens with one attached hydrogen (secondary N) is 2. The Morgan fingerprint density at radius 3 is 2.72 bits per heavy atom. The standard InChI is InChI=1S/C16H17N5OS3/c1-9-4-5-12(6-10(9)2)18-15-20-21-16(25-15)24-8-13(22)19-14-17-11(3)7-23-14/h4-7H,8H2,1-3H3,(H,18,20)(H,17,19,22). The summed E-state index contributed by atoms with van der Waals surface area (Å²) < 4.78 is 0.747. The highest BCUT2D eigenvalue weighted by Crippen LogP contribution is 2.28. The molecule has 0 bridgehead atoms. The van der Waals surface area contributed by atoms with Crippen LogP contribution in [0, 0.1) is 20.8 Å². The molecule has 1 aromatic carbocycles. The summed E-state index contributed by atoms with van der Waals surface area (Å²) in [6.45, 7) is 6.05. The molecule has 25 heavy (non-hydrogen) atoms. The van der Waals surface area contributed by atoms with E-state index in [-0.39, 0.29) is 11.7 Å². The third-order valence-electron chi connectivity index (χ3n) is 3.36. The van der Waals surface area contributed by atoms with Crippen molar-refractivity contribution >= 4 is 56.3 Å². The molecule has 0 aliphatic rings. The number of amides is 1. The molecule has 9 heteroatoms. The van der Waals surface area contributed by atoms with Crippen LogP contribution < -0.4 is 10.6 Å². The Hall–Kier alpha value is -1.97. The van der Waals surface area contributed by atoms with E-state index in [1.54, 1.807) is 0 Å². The maximum Gasteiger partial charge on any atom is 0.236 e. The Labute approximate surface area is 158 Å². The van der Waals surface area contributed by atoms with Gasteiger partial charge in [-0.05, 0) is 44.0 Å². The summed E-state index contributed by atoms with van der Waals surface area (Å²) in [6.07, 6.45) is 0. The molecule has 0 unspecified atom stereocenters. The second-order valence-corrected chi connectivity index (χ2v) is 8.49. The van der Waals surface area contributed by atoms with Gasteiger partial charge in [0, 0.05) is 11.1 Å². The number of nitrogens with zero attached hydrogens (tertiary/aromatic N) is 3. The smallest absolute Gasteiger partial charge is 0.236 e. The van der Waals surface area contributed by atoms with Gasteiger partial charge in [0.05, 0.1) is 11.4 Å². The molecule has 3 aromatic rings. The number of thioether (sulfide) groups is 1. The number of aryl methyl sites for hydroxylation is 3. The van der Waals surface area contributed by atoms with Crippen LogP contribution in [0.2, 0.25) is 0 Å². The number of rotatable bonds is 6. The van der Waals surface area contributed by atoms with Crippen LogP contribution in [0.3, 0.4) is 0 Å². The fraction of sp³-hybridized carbons (Fsp3) is 0.250. The van der Waals surface area contributed by atoms with E-state index in [9.17, 15) is 4.79 Å². The molecule has 1 amide bonds. The summed E-state index contributed by atoms with van der Waals surface area (Å²) in [5.74, 6) is 0.176. The molecular weight excluding hydrogens is 374 g/mol. The lowest BCUT2D eigenvalue weighted by Crippen LogP contribution is -2.13. The zero-order chi connectivity index (χ0) is 17.8. The van der Waals surface area contributed by atoms with Crippen molar-refractivity contribution < 1.29 is 4.79 Å². The average Bonchev–Trinajstić information content (AvgIpc) is 3.18. The lowest BCUT2D eigenvalue weighted by atomic mass is 10.1. The first-order valence-electron chi connectivity index (χ1n) is 7.52. The van der Waals surface area contributed by atoms with Gasteiger partial charge in [0.15, 0.2) is 9.47 Å². The highest BCUT2D eigenvalue weighted by Gasteiger charge is 2.10. The lowest BCUT2D eigenvalue weighted by Gasteiger charge is -2.05. The van der Waals surface area contributed by atoms with Crippen LogP contribution >= 0.6 is 34.4 Å². The molecule has 0 saturated carbocycles. The fourth-order valence-corrected chi connectivity index (χ4v) is 4.23. The maximum atomic E-state index is 11.9. The number of carbonyl (C=O) groups is 1. The van der Waals surface area contributed by atoms with E-state index in [1.807, 2.05) is 18.4 Å². The highest BCUT2D eigenvalue weighted by atomic mass is 32.2. The number of hydrogen-bond acceptors (Lipinski definition) is 8. The maximum absolute atomic E-state index is 11.9. The van der Waals surface area contributed by atoms with E-state index in [1.165, 1.54) is 45.6 Å². The van der Waals surface area contributed by atoms with Crippen molar-refractivity contribution in [1.82, 2.24) is 15.2 Å². The fourth-order valence-electron chi connectivity index (χ4n) is 1.96. The SMILES string of the molecule is Cc1csc(NC(=O)CSc2nnc(Nc3ccc(C)c(C)c3)s2)n1. The van der Waals surface area contributed by atoms with E-state index < -0.39 is 0 Å². The quantitative estimate of drug-likeness (QED) is 0.607. The lowest BCUT2D eigenvalue weighted by molar-refractivity contribution is -0.113. The number of aromatic nitrogens is 3. The van der Waals surface area contributed by atoms with E-state index in [4.69, 9.17) is 0 Å². The first-order valence-corrected chi connectivity index (χ1v) is 10.2. The van der Waals surface area contributed by atoms with Gasteiger partial charge < -0.3 is 10.6 Å². The second-order valence-electron chi connectivity index (χ2n) is 5.43. The molecule has 0 radical (unpaired) electrons. The van der Waals surface area contributed by atoms with Gasteiger partial charge in [-0.1, -0.05) is 29.2 Å². The van der Waals surface area contributed by atoms with Crippen molar-refractivity contribution in [1.29, 1.82) is 0 Å². The predicted molar refractivity (Wildman–Crippen MR) is 105 cm³/mol. The first-order chi connectivity index (χ1) is 12.0. The van der Waals surface area contributed by atoms with Crippen molar-refractivity contribution in [2.75, 3.05) is 16.4 Å². The van der Waals surface area contributed by atoms with Crippen molar-refractivity contribution in [3.05, 3.63) is 40.4 Å². The molecule has 0 spiro atoms. The molecule has 0 aliphatic carbocycles. The topological polar surface area (TPSA) is 79.8 Å². The van der Waals surface area contributed by atoms with Crippen LogP contribution in [0.1, 0.15) is 16.8 Å². The molecule has 6 nitrogen and oxygen atoms in total. The first kappa shape index (κ1) is 17.8. The minimum absolute atomic E-state index is 0.0989. The Bertz CT molecular complexity index is 890. The Kier molecular flexibility index (Phi) is 5.67. The van der Waals surface area contributed by atoms with Crippen LogP contribution in [-0.4, -0.2) is 26.8 Å². The Morgan fingerprint density at radius 2 is 2.00 bits per heavy atom. The van der Waals surface area contributed by atoms with Crippen molar-refractivity contribution in [3.63, 3.8) is 0 Å². The van der Waals surface area contributed by atoms with Crippen LogP contribution in [0.4, 0.5) is 16.0 Å². The Balaban J connectivity index is 1.52. The normalized spacial score (nSPS) is 10.7. The summed E-state index contributed by atoms with van der Waals surface area (Å²) in [7, 11) is 0. The zero-order valence-electron chi connectivity index (χ0n) is 14.0. The number of hydrogen-bond donors (Lipinski definition) is 2. The van der Waals surface area contributed by atoms with Gasteiger partial charge in [0.25, 0.3) is 0 Å². The molecular formula is C16H17N5OS3. The summed E-state index contributed by atoms with van der Waals surface area (Å²) in [6, 6.07) is 6.16. The number of thiazole rings is 1. The molecule has 0 aliphatic heterocycles. The molecule has 2 aromatic heterocycles. The summed E-state index contributed by atoms with van der Waals surface area (Å²) in [4.78, 5) is 16.1. The molecule has 2 heterocycles. The minimum atomic E-state index is -0.0989. The van der Waals surface area contributed by atoms with Gasteiger partial charge >= 0.3 is 0 Å². The third kappa shape index (κ3) is 5.00.